The minimum Gasteiger partial charge on any atom is -0.389 e. The molecule has 1 aliphatic heterocycles. The molecule has 0 saturated carbocycles. The zero-order valence-electron chi connectivity index (χ0n) is 7.78. The molecule has 1 saturated heterocycles. The molecule has 3 nitrogen and oxygen atoms in total. The third kappa shape index (κ3) is 2.17. The lowest BCUT2D eigenvalue weighted by Crippen LogP contribution is -2.53. The predicted molar refractivity (Wildman–Crippen MR) is 61.1 cm³/mol. The van der Waals surface area contributed by atoms with Crippen LogP contribution in [0.3, 0.4) is 0 Å². The number of nitrogens with zero attached hydrogens (tertiary/aromatic N) is 1. The highest BCUT2D eigenvalue weighted by molar-refractivity contribution is 9.10. The summed E-state index contributed by atoms with van der Waals surface area (Å²) >= 11 is 9.21. The summed E-state index contributed by atoms with van der Waals surface area (Å²) in [5.41, 5.74) is 0.470. The van der Waals surface area contributed by atoms with E-state index in [1.807, 2.05) is 0 Å². The average molecular weight is 291 g/mol. The third-order valence-electron chi connectivity index (χ3n) is 2.31. The molecule has 0 aliphatic carbocycles. The maximum atomic E-state index is 11.9. The van der Waals surface area contributed by atoms with Gasteiger partial charge in [-0.3, -0.25) is 4.79 Å². The summed E-state index contributed by atoms with van der Waals surface area (Å²) in [5, 5.41) is 9.54. The van der Waals surface area contributed by atoms with Crippen molar-refractivity contribution in [1.29, 1.82) is 0 Å². The molecular weight excluding hydrogens is 281 g/mol. The monoisotopic (exact) mass is 289 g/mol. The Balaban J connectivity index is 2.22. The third-order valence-corrected chi connectivity index (χ3v) is 3.13. The van der Waals surface area contributed by atoms with Crippen LogP contribution in [-0.2, 0) is 0 Å². The van der Waals surface area contributed by atoms with E-state index in [2.05, 4.69) is 15.9 Å². The van der Waals surface area contributed by atoms with Gasteiger partial charge in [0, 0.05) is 17.6 Å². The van der Waals surface area contributed by atoms with E-state index in [1.54, 1.807) is 23.1 Å². The van der Waals surface area contributed by atoms with Crippen molar-refractivity contribution >= 4 is 33.4 Å². The van der Waals surface area contributed by atoms with Crippen LogP contribution < -0.4 is 0 Å². The van der Waals surface area contributed by atoms with Crippen LogP contribution in [-0.4, -0.2) is 35.1 Å². The number of likely N-dealkylation sites (tertiary alicyclic amines) is 1. The number of hydrogen-bond donors (Lipinski definition) is 1. The Morgan fingerprint density at radius 1 is 1.53 bits per heavy atom. The average Bonchev–Trinajstić information content (AvgIpc) is 2.16. The summed E-state index contributed by atoms with van der Waals surface area (Å²) in [5.74, 6) is -0.133. The Morgan fingerprint density at radius 2 is 2.20 bits per heavy atom. The second kappa shape index (κ2) is 4.12. The fourth-order valence-electron chi connectivity index (χ4n) is 1.45. The lowest BCUT2D eigenvalue weighted by Gasteiger charge is -2.36. The summed E-state index contributed by atoms with van der Waals surface area (Å²) in [6.45, 7) is 0.781. The van der Waals surface area contributed by atoms with Gasteiger partial charge in [0.15, 0.2) is 0 Å². The van der Waals surface area contributed by atoms with Crippen molar-refractivity contribution in [3.63, 3.8) is 0 Å². The van der Waals surface area contributed by atoms with Crippen LogP contribution >= 0.6 is 27.5 Å². The zero-order valence-corrected chi connectivity index (χ0v) is 10.1. The van der Waals surface area contributed by atoms with Crippen molar-refractivity contribution in [2.75, 3.05) is 13.1 Å². The van der Waals surface area contributed by atoms with Crippen LogP contribution in [0.2, 0.25) is 5.02 Å². The minimum atomic E-state index is -0.389. The number of rotatable bonds is 1. The summed E-state index contributed by atoms with van der Waals surface area (Å²) in [6.07, 6.45) is -0.389. The van der Waals surface area contributed by atoms with E-state index in [1.165, 1.54) is 0 Å². The zero-order chi connectivity index (χ0) is 11.0. The fraction of sp³-hybridized carbons (Fsp3) is 0.300. The summed E-state index contributed by atoms with van der Waals surface area (Å²) in [7, 11) is 0. The largest absolute Gasteiger partial charge is 0.389 e. The quantitative estimate of drug-likeness (QED) is 0.858. The minimum absolute atomic E-state index is 0.133. The molecule has 0 radical (unpaired) electrons. The molecule has 0 unspecified atom stereocenters. The predicted octanol–water partition coefficient (Wildman–Crippen LogP) is 1.92. The van der Waals surface area contributed by atoms with Gasteiger partial charge in [0.05, 0.1) is 16.7 Å². The molecule has 0 aromatic heterocycles. The molecule has 1 amide bonds. The Bertz CT molecular complexity index is 404. The first-order valence-electron chi connectivity index (χ1n) is 4.50. The van der Waals surface area contributed by atoms with Gasteiger partial charge < -0.3 is 10.0 Å². The molecule has 2 rings (SSSR count). The van der Waals surface area contributed by atoms with Gasteiger partial charge in [-0.1, -0.05) is 27.5 Å². The van der Waals surface area contributed by atoms with E-state index in [0.29, 0.717) is 23.7 Å². The highest BCUT2D eigenvalue weighted by Crippen LogP contribution is 2.24. The van der Waals surface area contributed by atoms with Gasteiger partial charge in [-0.25, -0.2) is 0 Å². The van der Waals surface area contributed by atoms with Gasteiger partial charge in [0.1, 0.15) is 0 Å². The van der Waals surface area contributed by atoms with Crippen LogP contribution in [0.15, 0.2) is 22.7 Å². The van der Waals surface area contributed by atoms with Crippen LogP contribution in [0.4, 0.5) is 0 Å². The first kappa shape index (κ1) is 10.9. The highest BCUT2D eigenvalue weighted by atomic mass is 79.9. The van der Waals surface area contributed by atoms with E-state index in [0.717, 1.165) is 4.47 Å². The molecule has 0 bridgehead atoms. The normalized spacial score (nSPS) is 16.3. The number of halogens is 2. The molecule has 0 spiro atoms. The first-order valence-corrected chi connectivity index (χ1v) is 5.67. The Kier molecular flexibility index (Phi) is 3.00. The van der Waals surface area contributed by atoms with Crippen molar-refractivity contribution in [2.24, 2.45) is 0 Å². The van der Waals surface area contributed by atoms with Gasteiger partial charge >= 0.3 is 0 Å². The smallest absolute Gasteiger partial charge is 0.255 e. The van der Waals surface area contributed by atoms with E-state index in [9.17, 15) is 4.79 Å². The molecule has 15 heavy (non-hydrogen) atoms. The molecular formula is C10H9BrClNO2. The lowest BCUT2D eigenvalue weighted by atomic mass is 10.1. The Labute approximate surface area is 101 Å². The molecule has 80 valence electrons. The number of aliphatic hydroxyl groups is 1. The van der Waals surface area contributed by atoms with Gasteiger partial charge in [-0.15, -0.1) is 0 Å². The topological polar surface area (TPSA) is 40.5 Å². The SMILES string of the molecule is O=C(c1cc(Br)ccc1Cl)N1CC(O)C1. The van der Waals surface area contributed by atoms with Crippen LogP contribution in [0.25, 0.3) is 0 Å². The number of amides is 1. The van der Waals surface area contributed by atoms with Crippen molar-refractivity contribution in [1.82, 2.24) is 4.90 Å². The lowest BCUT2D eigenvalue weighted by molar-refractivity contribution is 0.00590. The van der Waals surface area contributed by atoms with Gasteiger partial charge in [-0.05, 0) is 18.2 Å². The molecule has 1 aromatic carbocycles. The molecule has 1 N–H and O–H groups in total. The second-order valence-corrected chi connectivity index (χ2v) is 4.81. The standard InChI is InChI=1S/C10H9BrClNO2/c11-6-1-2-9(12)8(3-6)10(15)13-4-7(14)5-13/h1-3,7,14H,4-5H2. The molecule has 1 fully saturated rings. The van der Waals surface area contributed by atoms with E-state index in [4.69, 9.17) is 16.7 Å². The van der Waals surface area contributed by atoms with Gasteiger partial charge in [0.2, 0.25) is 0 Å². The molecule has 1 aromatic rings. The number of aliphatic hydroxyl groups excluding tert-OH is 1. The van der Waals surface area contributed by atoms with Crippen molar-refractivity contribution in [3.05, 3.63) is 33.3 Å². The van der Waals surface area contributed by atoms with Crippen molar-refractivity contribution in [2.45, 2.75) is 6.10 Å². The van der Waals surface area contributed by atoms with Gasteiger partial charge in [0.25, 0.3) is 5.91 Å². The first-order chi connectivity index (χ1) is 7.08. The fourth-order valence-corrected chi connectivity index (χ4v) is 2.01. The summed E-state index contributed by atoms with van der Waals surface area (Å²) < 4.78 is 0.816. The number of carbonyl (C=O) groups is 1. The maximum absolute atomic E-state index is 11.9. The highest BCUT2D eigenvalue weighted by Gasteiger charge is 2.30. The molecule has 1 heterocycles. The number of hydrogen-bond acceptors (Lipinski definition) is 2. The van der Waals surface area contributed by atoms with Crippen molar-refractivity contribution < 1.29 is 9.90 Å². The number of β-amino-alcohol motifs (C(OH)–C–C–N with tert-alkyl or cyclic N) is 1. The Hall–Kier alpha value is -0.580. The van der Waals surface area contributed by atoms with Crippen LogP contribution in [0.5, 0.6) is 0 Å². The number of carbonyl (C=O) groups excluding carboxylic acids is 1. The number of benzene rings is 1. The summed E-state index contributed by atoms with van der Waals surface area (Å²) in [6, 6.07) is 5.15. The van der Waals surface area contributed by atoms with E-state index < -0.39 is 0 Å². The maximum Gasteiger partial charge on any atom is 0.255 e. The second-order valence-electron chi connectivity index (χ2n) is 3.49. The van der Waals surface area contributed by atoms with Crippen LogP contribution in [0, 0.1) is 0 Å². The summed E-state index contributed by atoms with van der Waals surface area (Å²) in [4.78, 5) is 13.4. The van der Waals surface area contributed by atoms with E-state index >= 15 is 0 Å². The molecule has 0 atom stereocenters. The van der Waals surface area contributed by atoms with E-state index in [-0.39, 0.29) is 12.0 Å². The molecule has 5 heteroatoms. The Morgan fingerprint density at radius 3 is 2.80 bits per heavy atom. The van der Waals surface area contributed by atoms with Gasteiger partial charge in [-0.2, -0.15) is 0 Å². The molecule has 1 aliphatic rings. The van der Waals surface area contributed by atoms with Crippen molar-refractivity contribution in [3.8, 4) is 0 Å². The van der Waals surface area contributed by atoms with Crippen LogP contribution in [0.1, 0.15) is 10.4 Å².